The number of hydrogen-bond acceptors (Lipinski definition) is 4. The summed E-state index contributed by atoms with van der Waals surface area (Å²) >= 11 is 0. The Labute approximate surface area is 234 Å². The van der Waals surface area contributed by atoms with Gasteiger partial charge in [0.15, 0.2) is 17.4 Å². The average molecular weight is 560 g/mol. The van der Waals surface area contributed by atoms with Gasteiger partial charge >= 0.3 is 5.97 Å². The van der Waals surface area contributed by atoms with Crippen molar-refractivity contribution in [3.8, 4) is 22.9 Å². The molecule has 6 nitrogen and oxygen atoms in total. The molecule has 0 fully saturated rings. The molecule has 0 spiro atoms. The van der Waals surface area contributed by atoms with E-state index in [9.17, 15) is 9.18 Å². The molecule has 1 aliphatic heterocycles. The number of aromatic amines is 1. The second-order valence-electron chi connectivity index (χ2n) is 10.1. The van der Waals surface area contributed by atoms with Crippen molar-refractivity contribution in [3.05, 3.63) is 101 Å². The molecule has 3 aromatic carbocycles. The SMILES string of the molecule is CCOC(=O)CCc1cccc(C(C)c2cnc3n2CCc2ccc(Oc4c(F)cc5[nH]ccc5c4F)cc2-3)c1F. The normalized spacial score (nSPS) is 13.1. The Bertz CT molecular complexity index is 1780. The van der Waals surface area contributed by atoms with Crippen molar-refractivity contribution in [2.45, 2.75) is 45.6 Å². The Morgan fingerprint density at radius 2 is 1.98 bits per heavy atom. The summed E-state index contributed by atoms with van der Waals surface area (Å²) in [7, 11) is 0. The van der Waals surface area contributed by atoms with Crippen molar-refractivity contribution in [2.75, 3.05) is 6.61 Å². The first-order chi connectivity index (χ1) is 19.9. The molecular weight excluding hydrogens is 531 g/mol. The topological polar surface area (TPSA) is 69.1 Å². The zero-order valence-corrected chi connectivity index (χ0v) is 22.6. The summed E-state index contributed by atoms with van der Waals surface area (Å²) < 4.78 is 58.0. The zero-order chi connectivity index (χ0) is 28.7. The standard InChI is InChI=1S/C32H28F3N3O3/c1-3-40-28(39)10-8-20-5-4-6-22(29(20)34)18(2)27-17-37-32-24-15-21(9-7-19(24)12-14-38(27)32)41-31-25(33)16-26-23(30(31)35)11-13-36-26/h4-7,9,11,13,15-18,36H,3,8,10,12,14H2,1-2H3. The molecule has 1 atom stereocenters. The summed E-state index contributed by atoms with van der Waals surface area (Å²) in [5.41, 5.74) is 3.99. The molecule has 0 saturated carbocycles. The second-order valence-corrected chi connectivity index (χ2v) is 10.1. The maximum absolute atomic E-state index is 15.6. The predicted octanol–water partition coefficient (Wildman–Crippen LogP) is 7.44. The van der Waals surface area contributed by atoms with Crippen molar-refractivity contribution in [1.29, 1.82) is 0 Å². The van der Waals surface area contributed by atoms with Gasteiger partial charge < -0.3 is 19.0 Å². The number of aromatic nitrogens is 3. The van der Waals surface area contributed by atoms with Crippen LogP contribution in [0.2, 0.25) is 0 Å². The van der Waals surface area contributed by atoms with Crippen LogP contribution in [0.3, 0.4) is 0 Å². The quantitative estimate of drug-likeness (QED) is 0.201. The number of nitrogens with one attached hydrogen (secondary N) is 1. The van der Waals surface area contributed by atoms with Gasteiger partial charge in [-0.25, -0.2) is 18.2 Å². The molecule has 210 valence electrons. The van der Waals surface area contributed by atoms with Crippen molar-refractivity contribution in [1.82, 2.24) is 14.5 Å². The number of carbonyl (C=O) groups excluding carboxylic acids is 1. The van der Waals surface area contributed by atoms with Crippen LogP contribution < -0.4 is 4.74 Å². The molecule has 2 aromatic heterocycles. The molecule has 1 N–H and O–H groups in total. The fraction of sp³-hybridized carbons (Fsp3) is 0.250. The lowest BCUT2D eigenvalue weighted by Gasteiger charge is -2.23. The largest absolute Gasteiger partial charge is 0.466 e. The molecule has 41 heavy (non-hydrogen) atoms. The van der Waals surface area contributed by atoms with Gasteiger partial charge in [-0.15, -0.1) is 0 Å². The molecule has 1 unspecified atom stereocenters. The van der Waals surface area contributed by atoms with Gasteiger partial charge in [0.2, 0.25) is 0 Å². The summed E-state index contributed by atoms with van der Waals surface area (Å²) in [5.74, 6) is -2.09. The highest BCUT2D eigenvalue weighted by Crippen LogP contribution is 2.39. The summed E-state index contributed by atoms with van der Waals surface area (Å²) in [6, 6.07) is 13.3. The van der Waals surface area contributed by atoms with Crippen molar-refractivity contribution in [2.24, 2.45) is 0 Å². The molecule has 0 bridgehead atoms. The molecule has 0 radical (unpaired) electrons. The number of rotatable bonds is 8. The lowest BCUT2D eigenvalue weighted by atomic mass is 9.93. The van der Waals surface area contributed by atoms with Crippen LogP contribution in [0.15, 0.2) is 60.9 Å². The van der Waals surface area contributed by atoms with E-state index in [2.05, 4.69) is 14.5 Å². The van der Waals surface area contributed by atoms with E-state index in [1.807, 2.05) is 13.0 Å². The Morgan fingerprint density at radius 1 is 1.12 bits per heavy atom. The Kier molecular flexibility index (Phi) is 7.03. The van der Waals surface area contributed by atoms with E-state index in [1.54, 1.807) is 49.6 Å². The van der Waals surface area contributed by atoms with Crippen molar-refractivity contribution >= 4 is 16.9 Å². The molecule has 5 aromatic rings. The van der Waals surface area contributed by atoms with Crippen LogP contribution in [-0.2, 0) is 28.9 Å². The van der Waals surface area contributed by atoms with Crippen LogP contribution in [-0.4, -0.2) is 27.1 Å². The van der Waals surface area contributed by atoms with E-state index in [0.717, 1.165) is 16.8 Å². The third-order valence-electron chi connectivity index (χ3n) is 7.66. The van der Waals surface area contributed by atoms with Gasteiger partial charge in [-0.05, 0) is 54.7 Å². The summed E-state index contributed by atoms with van der Waals surface area (Å²) in [6.07, 6.45) is 4.36. The molecule has 6 rings (SSSR count). The number of fused-ring (bicyclic) bond motifs is 4. The van der Waals surface area contributed by atoms with Crippen LogP contribution in [0.4, 0.5) is 13.2 Å². The molecule has 3 heterocycles. The van der Waals surface area contributed by atoms with E-state index < -0.39 is 17.4 Å². The predicted molar refractivity (Wildman–Crippen MR) is 149 cm³/mol. The minimum absolute atomic E-state index is 0.110. The first kappa shape index (κ1) is 26.7. The van der Waals surface area contributed by atoms with Crippen LogP contribution in [0, 0.1) is 17.5 Å². The molecule has 0 saturated heterocycles. The van der Waals surface area contributed by atoms with Gasteiger partial charge in [-0.2, -0.15) is 0 Å². The molecule has 0 aliphatic carbocycles. The van der Waals surface area contributed by atoms with E-state index in [-0.39, 0.29) is 41.7 Å². The van der Waals surface area contributed by atoms with Crippen molar-refractivity contribution in [3.63, 3.8) is 0 Å². The highest BCUT2D eigenvalue weighted by Gasteiger charge is 2.26. The summed E-state index contributed by atoms with van der Waals surface area (Å²) in [5, 5.41) is 0.241. The van der Waals surface area contributed by atoms with Gasteiger partial charge in [0, 0.05) is 54.0 Å². The lowest BCUT2D eigenvalue weighted by Crippen LogP contribution is -2.16. The second kappa shape index (κ2) is 10.8. The molecule has 9 heteroatoms. The molecule has 0 amide bonds. The van der Waals surface area contributed by atoms with Gasteiger partial charge in [-0.3, -0.25) is 4.79 Å². The van der Waals surface area contributed by atoms with Gasteiger partial charge in [0.1, 0.15) is 17.4 Å². The number of halogens is 3. The van der Waals surface area contributed by atoms with Gasteiger partial charge in [-0.1, -0.05) is 31.2 Å². The number of hydrogen-bond donors (Lipinski definition) is 1. The smallest absolute Gasteiger partial charge is 0.306 e. The monoisotopic (exact) mass is 559 g/mol. The maximum atomic E-state index is 15.6. The number of imidazole rings is 1. The third-order valence-corrected chi connectivity index (χ3v) is 7.66. The highest BCUT2D eigenvalue weighted by molar-refractivity contribution is 5.82. The van der Waals surface area contributed by atoms with E-state index >= 15 is 8.78 Å². The van der Waals surface area contributed by atoms with Crippen LogP contribution >= 0.6 is 0 Å². The maximum Gasteiger partial charge on any atom is 0.306 e. The first-order valence-electron chi connectivity index (χ1n) is 13.6. The Hall–Kier alpha value is -4.53. The van der Waals surface area contributed by atoms with Gasteiger partial charge in [0.25, 0.3) is 0 Å². The summed E-state index contributed by atoms with van der Waals surface area (Å²) in [6.45, 7) is 4.61. The molecular formula is C32H28F3N3O3. The van der Waals surface area contributed by atoms with Gasteiger partial charge in [0.05, 0.1) is 12.1 Å². The Morgan fingerprint density at radius 3 is 2.80 bits per heavy atom. The number of carbonyl (C=O) groups is 1. The fourth-order valence-electron chi connectivity index (χ4n) is 5.54. The minimum atomic E-state index is -0.806. The number of H-pyrrole nitrogens is 1. The summed E-state index contributed by atoms with van der Waals surface area (Å²) in [4.78, 5) is 19.3. The van der Waals surface area contributed by atoms with Crippen molar-refractivity contribution < 1.29 is 27.4 Å². The Balaban J connectivity index is 1.29. The van der Waals surface area contributed by atoms with Crippen LogP contribution in [0.1, 0.15) is 48.6 Å². The number of esters is 1. The molecule has 1 aliphatic rings. The number of benzene rings is 3. The average Bonchev–Trinajstić information content (AvgIpc) is 3.62. The highest BCUT2D eigenvalue weighted by atomic mass is 19.1. The zero-order valence-electron chi connectivity index (χ0n) is 22.6. The lowest BCUT2D eigenvalue weighted by molar-refractivity contribution is -0.143. The number of aryl methyl sites for hydroxylation is 2. The van der Waals surface area contributed by atoms with Crippen LogP contribution in [0.5, 0.6) is 11.5 Å². The first-order valence-corrected chi connectivity index (χ1v) is 13.6. The fourth-order valence-corrected chi connectivity index (χ4v) is 5.54. The van der Waals surface area contributed by atoms with E-state index in [4.69, 9.17) is 9.47 Å². The van der Waals surface area contributed by atoms with E-state index in [0.29, 0.717) is 42.0 Å². The number of nitrogens with zero attached hydrogens (tertiary/aromatic N) is 2. The minimum Gasteiger partial charge on any atom is -0.466 e. The van der Waals surface area contributed by atoms with Crippen LogP contribution in [0.25, 0.3) is 22.3 Å². The number of ether oxygens (including phenoxy) is 2. The third kappa shape index (κ3) is 4.85. The van der Waals surface area contributed by atoms with E-state index in [1.165, 1.54) is 12.1 Å².